The van der Waals surface area contributed by atoms with Crippen molar-refractivity contribution >= 4 is 11.9 Å². The highest BCUT2D eigenvalue weighted by molar-refractivity contribution is 5.80. The first kappa shape index (κ1) is 17.3. The molecular formula is C17H30N2O3. The standard InChI is InChI=1S/C17H30N2O3/c1-17(2,3)22-16(21)14(12-6-9-18-10-7-12)11-13-5-4-8-19-15(13)20/h12-14,18H,4-11H2,1-3H3,(H,19,20)/t13?,14-/m1/s1. The third-order valence-electron chi connectivity index (χ3n) is 4.60. The molecule has 2 aliphatic rings. The summed E-state index contributed by atoms with van der Waals surface area (Å²) in [5.41, 5.74) is -0.475. The lowest BCUT2D eigenvalue weighted by atomic mass is 9.77. The molecule has 0 bridgehead atoms. The van der Waals surface area contributed by atoms with Gasteiger partial charge in [0.25, 0.3) is 0 Å². The second-order valence-corrected chi connectivity index (χ2v) is 7.59. The van der Waals surface area contributed by atoms with E-state index < -0.39 is 5.60 Å². The minimum absolute atomic E-state index is 0.0406. The maximum Gasteiger partial charge on any atom is 0.309 e. The van der Waals surface area contributed by atoms with Crippen molar-refractivity contribution in [1.29, 1.82) is 0 Å². The van der Waals surface area contributed by atoms with Crippen molar-refractivity contribution < 1.29 is 14.3 Å². The molecule has 2 atom stereocenters. The zero-order valence-corrected chi connectivity index (χ0v) is 14.1. The lowest BCUT2D eigenvalue weighted by molar-refractivity contribution is -0.163. The molecule has 0 aromatic rings. The lowest BCUT2D eigenvalue weighted by Crippen LogP contribution is -2.42. The zero-order valence-electron chi connectivity index (χ0n) is 14.1. The Morgan fingerprint density at radius 1 is 1.23 bits per heavy atom. The van der Waals surface area contributed by atoms with E-state index in [4.69, 9.17) is 4.74 Å². The summed E-state index contributed by atoms with van der Waals surface area (Å²) in [5, 5.41) is 6.26. The van der Waals surface area contributed by atoms with Crippen molar-refractivity contribution in [1.82, 2.24) is 10.6 Å². The molecule has 2 aliphatic heterocycles. The molecule has 2 heterocycles. The topological polar surface area (TPSA) is 67.4 Å². The summed E-state index contributed by atoms with van der Waals surface area (Å²) in [6.07, 6.45) is 4.49. The van der Waals surface area contributed by atoms with Gasteiger partial charge in [-0.2, -0.15) is 0 Å². The summed E-state index contributed by atoms with van der Waals surface area (Å²) < 4.78 is 5.64. The van der Waals surface area contributed by atoms with Crippen molar-refractivity contribution in [3.63, 3.8) is 0 Å². The summed E-state index contributed by atoms with van der Waals surface area (Å²) in [6, 6.07) is 0. The zero-order chi connectivity index (χ0) is 16.2. The molecule has 2 saturated heterocycles. The van der Waals surface area contributed by atoms with E-state index in [1.54, 1.807) is 0 Å². The van der Waals surface area contributed by atoms with Gasteiger partial charge in [0, 0.05) is 12.5 Å². The molecule has 0 spiro atoms. The maximum atomic E-state index is 12.7. The van der Waals surface area contributed by atoms with Gasteiger partial charge < -0.3 is 15.4 Å². The van der Waals surface area contributed by atoms with Crippen LogP contribution in [0, 0.1) is 17.8 Å². The van der Waals surface area contributed by atoms with Gasteiger partial charge in [0.05, 0.1) is 5.92 Å². The minimum atomic E-state index is -0.475. The van der Waals surface area contributed by atoms with E-state index in [1.807, 2.05) is 20.8 Å². The van der Waals surface area contributed by atoms with E-state index in [0.717, 1.165) is 45.3 Å². The van der Waals surface area contributed by atoms with E-state index in [2.05, 4.69) is 10.6 Å². The van der Waals surface area contributed by atoms with E-state index in [0.29, 0.717) is 12.3 Å². The number of amides is 1. The average molecular weight is 310 g/mol. The van der Waals surface area contributed by atoms with Crippen LogP contribution in [0.4, 0.5) is 0 Å². The van der Waals surface area contributed by atoms with Gasteiger partial charge >= 0.3 is 5.97 Å². The Labute approximate surface area is 133 Å². The molecule has 5 heteroatoms. The van der Waals surface area contributed by atoms with Gasteiger partial charge in [0.2, 0.25) is 5.91 Å². The van der Waals surface area contributed by atoms with Crippen molar-refractivity contribution in [2.75, 3.05) is 19.6 Å². The van der Waals surface area contributed by atoms with Crippen molar-refractivity contribution in [2.45, 2.75) is 58.5 Å². The van der Waals surface area contributed by atoms with Crippen molar-refractivity contribution in [3.8, 4) is 0 Å². The Hall–Kier alpha value is -1.10. The summed E-state index contributed by atoms with van der Waals surface area (Å²) in [4.78, 5) is 24.7. The molecule has 1 unspecified atom stereocenters. The van der Waals surface area contributed by atoms with Crippen LogP contribution in [-0.2, 0) is 14.3 Å². The van der Waals surface area contributed by atoms with E-state index in [-0.39, 0.29) is 23.7 Å². The summed E-state index contributed by atoms with van der Waals surface area (Å²) in [6.45, 7) is 8.36. The Bertz CT molecular complexity index is 397. The molecule has 0 aromatic carbocycles. The fourth-order valence-electron chi connectivity index (χ4n) is 3.47. The van der Waals surface area contributed by atoms with Gasteiger partial charge in [-0.05, 0) is 71.9 Å². The highest BCUT2D eigenvalue weighted by Crippen LogP contribution is 2.32. The van der Waals surface area contributed by atoms with Crippen LogP contribution in [0.1, 0.15) is 52.9 Å². The van der Waals surface area contributed by atoms with Gasteiger partial charge in [0.1, 0.15) is 5.60 Å². The molecule has 2 N–H and O–H groups in total. The summed E-state index contributed by atoms with van der Waals surface area (Å²) >= 11 is 0. The number of carbonyl (C=O) groups excluding carboxylic acids is 2. The van der Waals surface area contributed by atoms with Crippen LogP contribution in [0.3, 0.4) is 0 Å². The average Bonchev–Trinajstić information content (AvgIpc) is 2.45. The largest absolute Gasteiger partial charge is 0.460 e. The van der Waals surface area contributed by atoms with Crippen LogP contribution in [0.5, 0.6) is 0 Å². The molecule has 2 fully saturated rings. The number of piperidine rings is 2. The highest BCUT2D eigenvalue weighted by atomic mass is 16.6. The third kappa shape index (κ3) is 4.97. The monoisotopic (exact) mass is 310 g/mol. The fraction of sp³-hybridized carbons (Fsp3) is 0.882. The van der Waals surface area contributed by atoms with Crippen LogP contribution < -0.4 is 10.6 Å². The first-order valence-electron chi connectivity index (χ1n) is 8.58. The second-order valence-electron chi connectivity index (χ2n) is 7.59. The molecule has 22 heavy (non-hydrogen) atoms. The number of ether oxygens (including phenoxy) is 1. The van der Waals surface area contributed by atoms with Crippen molar-refractivity contribution in [2.24, 2.45) is 17.8 Å². The van der Waals surface area contributed by atoms with Gasteiger partial charge in [-0.1, -0.05) is 0 Å². The number of hydrogen-bond acceptors (Lipinski definition) is 4. The lowest BCUT2D eigenvalue weighted by Gasteiger charge is -2.34. The van der Waals surface area contributed by atoms with Gasteiger partial charge in [0.15, 0.2) is 0 Å². The normalized spacial score (nSPS) is 25.4. The molecule has 0 saturated carbocycles. The molecule has 2 rings (SSSR count). The van der Waals surface area contributed by atoms with Crippen LogP contribution >= 0.6 is 0 Å². The molecule has 0 radical (unpaired) electrons. The van der Waals surface area contributed by atoms with E-state index in [1.165, 1.54) is 0 Å². The summed E-state index contributed by atoms with van der Waals surface area (Å²) in [5.74, 6) is 0.105. The van der Waals surface area contributed by atoms with Crippen molar-refractivity contribution in [3.05, 3.63) is 0 Å². The Balaban J connectivity index is 2.06. The Kier molecular flexibility index (Phi) is 5.84. The van der Waals surface area contributed by atoms with Crippen LogP contribution in [-0.4, -0.2) is 37.1 Å². The van der Waals surface area contributed by atoms with E-state index in [9.17, 15) is 9.59 Å². The number of esters is 1. The first-order chi connectivity index (χ1) is 10.4. The van der Waals surface area contributed by atoms with Gasteiger partial charge in [-0.3, -0.25) is 9.59 Å². The molecule has 5 nitrogen and oxygen atoms in total. The van der Waals surface area contributed by atoms with Gasteiger partial charge in [-0.15, -0.1) is 0 Å². The Morgan fingerprint density at radius 2 is 1.91 bits per heavy atom. The number of carbonyl (C=O) groups is 2. The second kappa shape index (κ2) is 7.44. The number of nitrogens with one attached hydrogen (secondary N) is 2. The quantitative estimate of drug-likeness (QED) is 0.778. The maximum absolute atomic E-state index is 12.7. The Morgan fingerprint density at radius 3 is 2.50 bits per heavy atom. The molecule has 126 valence electrons. The summed E-state index contributed by atoms with van der Waals surface area (Å²) in [7, 11) is 0. The first-order valence-corrected chi connectivity index (χ1v) is 8.58. The smallest absolute Gasteiger partial charge is 0.309 e. The minimum Gasteiger partial charge on any atom is -0.460 e. The van der Waals surface area contributed by atoms with Crippen LogP contribution in [0.2, 0.25) is 0 Å². The predicted octanol–water partition coefficient (Wildman–Crippen LogP) is 1.86. The van der Waals surface area contributed by atoms with Crippen LogP contribution in [0.15, 0.2) is 0 Å². The number of hydrogen-bond donors (Lipinski definition) is 2. The predicted molar refractivity (Wildman–Crippen MR) is 85.3 cm³/mol. The fourth-order valence-corrected chi connectivity index (χ4v) is 3.47. The van der Waals surface area contributed by atoms with E-state index >= 15 is 0 Å². The molecule has 1 amide bonds. The van der Waals surface area contributed by atoms with Crippen LogP contribution in [0.25, 0.3) is 0 Å². The number of rotatable bonds is 4. The third-order valence-corrected chi connectivity index (χ3v) is 4.60. The molecule has 0 aliphatic carbocycles. The molecule has 0 aromatic heterocycles. The SMILES string of the molecule is CC(C)(C)OC(=O)[C@H](CC1CCCNC1=O)C1CCNCC1. The highest BCUT2D eigenvalue weighted by Gasteiger charge is 2.36. The van der Waals surface area contributed by atoms with Gasteiger partial charge in [-0.25, -0.2) is 0 Å². The molecular weight excluding hydrogens is 280 g/mol.